The van der Waals surface area contributed by atoms with Crippen LogP contribution in [-0.2, 0) is 29.2 Å². The Labute approximate surface area is 160 Å². The molecule has 1 aliphatic heterocycles. The number of hydrogen-bond acceptors (Lipinski definition) is 3. The molecule has 0 aliphatic carbocycles. The molecule has 27 heavy (non-hydrogen) atoms. The predicted octanol–water partition coefficient (Wildman–Crippen LogP) is 2.75. The second-order valence-electron chi connectivity index (χ2n) is 7.45. The van der Waals surface area contributed by atoms with Gasteiger partial charge in [0.1, 0.15) is 12.4 Å². The van der Waals surface area contributed by atoms with Gasteiger partial charge >= 0.3 is 0 Å². The van der Waals surface area contributed by atoms with Crippen molar-refractivity contribution in [3.63, 3.8) is 0 Å². The molecule has 0 spiro atoms. The number of fused-ring (bicyclic) bond motifs is 1. The van der Waals surface area contributed by atoms with Crippen molar-refractivity contribution in [2.24, 2.45) is 5.92 Å². The van der Waals surface area contributed by atoms with Crippen LogP contribution in [-0.4, -0.2) is 54.1 Å². The number of likely N-dealkylation sites (N-methyl/N-ethyl adjacent to an activating group) is 1. The first-order valence-corrected chi connectivity index (χ1v) is 9.40. The standard InChI is InChI=1S/C21H28FN3O2/c1-23(2)21(26)16-27-10-8-18-13-24(12-17-5-3-6-19(22)11-17)15-20-7-4-9-25(20)14-18/h3-7,9,11,18H,8,10,12-16H2,1-2H3/t18-/m1/s1. The van der Waals surface area contributed by atoms with Crippen molar-refractivity contribution < 1.29 is 13.9 Å². The Kier molecular flexibility index (Phi) is 6.63. The number of ether oxygens (including phenoxy) is 1. The summed E-state index contributed by atoms with van der Waals surface area (Å²) in [5.41, 5.74) is 2.26. The van der Waals surface area contributed by atoms with Gasteiger partial charge in [0.05, 0.1) is 0 Å². The highest BCUT2D eigenvalue weighted by atomic mass is 19.1. The molecule has 3 rings (SSSR count). The number of halogens is 1. The maximum atomic E-state index is 13.5. The molecule has 0 bridgehead atoms. The molecule has 1 amide bonds. The van der Waals surface area contributed by atoms with Crippen LogP contribution in [0.5, 0.6) is 0 Å². The van der Waals surface area contributed by atoms with Crippen LogP contribution < -0.4 is 0 Å². The highest BCUT2D eigenvalue weighted by Gasteiger charge is 2.21. The number of hydrogen-bond donors (Lipinski definition) is 0. The van der Waals surface area contributed by atoms with Crippen LogP contribution in [0, 0.1) is 11.7 Å². The minimum absolute atomic E-state index is 0.0173. The van der Waals surface area contributed by atoms with E-state index in [2.05, 4.69) is 27.8 Å². The highest BCUT2D eigenvalue weighted by Crippen LogP contribution is 2.21. The largest absolute Gasteiger partial charge is 0.372 e. The summed E-state index contributed by atoms with van der Waals surface area (Å²) in [6, 6.07) is 11.0. The molecule has 5 nitrogen and oxygen atoms in total. The van der Waals surface area contributed by atoms with E-state index in [1.807, 2.05) is 6.07 Å². The van der Waals surface area contributed by atoms with Gasteiger partial charge in [-0.05, 0) is 42.2 Å². The van der Waals surface area contributed by atoms with Gasteiger partial charge in [0.2, 0.25) is 5.91 Å². The number of amides is 1. The van der Waals surface area contributed by atoms with E-state index in [0.29, 0.717) is 12.5 Å². The smallest absolute Gasteiger partial charge is 0.248 e. The van der Waals surface area contributed by atoms with Crippen molar-refractivity contribution in [1.29, 1.82) is 0 Å². The summed E-state index contributed by atoms with van der Waals surface area (Å²) in [6.45, 7) is 4.12. The van der Waals surface area contributed by atoms with Crippen LogP contribution in [0.4, 0.5) is 4.39 Å². The van der Waals surface area contributed by atoms with Crippen LogP contribution in [0.3, 0.4) is 0 Å². The van der Waals surface area contributed by atoms with Gasteiger partial charge in [0.15, 0.2) is 0 Å². The Balaban J connectivity index is 1.60. The summed E-state index contributed by atoms with van der Waals surface area (Å²) in [4.78, 5) is 15.5. The minimum atomic E-state index is -0.193. The van der Waals surface area contributed by atoms with Gasteiger partial charge in [0.25, 0.3) is 0 Å². The van der Waals surface area contributed by atoms with Crippen molar-refractivity contribution in [3.8, 4) is 0 Å². The first kappa shape index (κ1) is 19.6. The molecule has 1 aliphatic rings. The number of rotatable bonds is 7. The van der Waals surface area contributed by atoms with Crippen LogP contribution >= 0.6 is 0 Å². The Hall–Kier alpha value is -2.18. The zero-order valence-corrected chi connectivity index (χ0v) is 16.1. The quantitative estimate of drug-likeness (QED) is 0.701. The highest BCUT2D eigenvalue weighted by molar-refractivity contribution is 5.76. The van der Waals surface area contributed by atoms with E-state index in [4.69, 9.17) is 4.74 Å². The fourth-order valence-corrected chi connectivity index (χ4v) is 3.50. The molecule has 0 fully saturated rings. The van der Waals surface area contributed by atoms with Crippen molar-refractivity contribution in [3.05, 3.63) is 59.7 Å². The van der Waals surface area contributed by atoms with E-state index in [1.54, 1.807) is 31.1 Å². The lowest BCUT2D eigenvalue weighted by molar-refractivity contribution is -0.133. The molecule has 0 unspecified atom stereocenters. The molecule has 1 aromatic carbocycles. The molecule has 0 saturated heterocycles. The molecule has 146 valence electrons. The van der Waals surface area contributed by atoms with Crippen molar-refractivity contribution in [1.82, 2.24) is 14.4 Å². The monoisotopic (exact) mass is 373 g/mol. The molecule has 1 atom stereocenters. The van der Waals surface area contributed by atoms with Gasteiger partial charge in [-0.3, -0.25) is 9.69 Å². The molecule has 6 heteroatoms. The Morgan fingerprint density at radius 2 is 2.11 bits per heavy atom. The van der Waals surface area contributed by atoms with Gasteiger partial charge in [-0.1, -0.05) is 12.1 Å². The van der Waals surface area contributed by atoms with E-state index in [0.717, 1.165) is 38.2 Å². The Morgan fingerprint density at radius 1 is 1.26 bits per heavy atom. The van der Waals surface area contributed by atoms with Gasteiger partial charge in [-0.25, -0.2) is 4.39 Å². The normalized spacial score (nSPS) is 17.4. The zero-order chi connectivity index (χ0) is 19.2. The fourth-order valence-electron chi connectivity index (χ4n) is 3.50. The van der Waals surface area contributed by atoms with Crippen molar-refractivity contribution >= 4 is 5.91 Å². The van der Waals surface area contributed by atoms with Crippen molar-refractivity contribution in [2.45, 2.75) is 26.1 Å². The summed E-state index contributed by atoms with van der Waals surface area (Å²) in [5, 5.41) is 0. The minimum Gasteiger partial charge on any atom is -0.372 e. The summed E-state index contributed by atoms with van der Waals surface area (Å²) in [7, 11) is 3.46. The third kappa shape index (κ3) is 5.65. The zero-order valence-electron chi connectivity index (χ0n) is 16.1. The predicted molar refractivity (Wildman–Crippen MR) is 103 cm³/mol. The number of aromatic nitrogens is 1. The third-order valence-electron chi connectivity index (χ3n) is 4.97. The molecular formula is C21H28FN3O2. The third-order valence-corrected chi connectivity index (χ3v) is 4.97. The lowest BCUT2D eigenvalue weighted by Gasteiger charge is -2.24. The molecule has 0 radical (unpaired) electrons. The van der Waals surface area contributed by atoms with E-state index < -0.39 is 0 Å². The maximum absolute atomic E-state index is 13.5. The first-order valence-electron chi connectivity index (χ1n) is 9.40. The van der Waals surface area contributed by atoms with Gasteiger partial charge in [0, 0.05) is 58.8 Å². The molecule has 2 heterocycles. The van der Waals surface area contributed by atoms with E-state index in [9.17, 15) is 9.18 Å². The number of carbonyl (C=O) groups is 1. The molecule has 0 N–H and O–H groups in total. The number of benzene rings is 1. The van der Waals surface area contributed by atoms with Gasteiger partial charge < -0.3 is 14.2 Å². The van der Waals surface area contributed by atoms with E-state index >= 15 is 0 Å². The topological polar surface area (TPSA) is 37.7 Å². The maximum Gasteiger partial charge on any atom is 0.248 e. The average molecular weight is 373 g/mol. The second-order valence-corrected chi connectivity index (χ2v) is 7.45. The van der Waals surface area contributed by atoms with Crippen LogP contribution in [0.1, 0.15) is 17.7 Å². The van der Waals surface area contributed by atoms with Crippen LogP contribution in [0.2, 0.25) is 0 Å². The van der Waals surface area contributed by atoms with E-state index in [1.165, 1.54) is 11.8 Å². The molecular weight excluding hydrogens is 345 g/mol. The van der Waals surface area contributed by atoms with E-state index in [-0.39, 0.29) is 18.3 Å². The first-order chi connectivity index (χ1) is 13.0. The Bertz CT molecular complexity index is 759. The molecule has 2 aromatic rings. The van der Waals surface area contributed by atoms with Crippen LogP contribution in [0.25, 0.3) is 0 Å². The number of carbonyl (C=O) groups excluding carboxylic acids is 1. The van der Waals surface area contributed by atoms with Gasteiger partial charge in [-0.15, -0.1) is 0 Å². The van der Waals surface area contributed by atoms with Crippen molar-refractivity contribution in [2.75, 3.05) is 33.9 Å². The summed E-state index contributed by atoms with van der Waals surface area (Å²) in [6.07, 6.45) is 3.00. The lowest BCUT2D eigenvalue weighted by Crippen LogP contribution is -2.29. The summed E-state index contributed by atoms with van der Waals surface area (Å²) < 4.78 is 21.4. The summed E-state index contributed by atoms with van der Waals surface area (Å²) >= 11 is 0. The second kappa shape index (κ2) is 9.15. The average Bonchev–Trinajstić information content (AvgIpc) is 2.98. The molecule has 1 aromatic heterocycles. The van der Waals surface area contributed by atoms with Crippen LogP contribution in [0.15, 0.2) is 42.6 Å². The Morgan fingerprint density at radius 3 is 2.89 bits per heavy atom. The fraction of sp³-hybridized carbons (Fsp3) is 0.476. The SMILES string of the molecule is CN(C)C(=O)COCC[C@@H]1CN(Cc2cccc(F)c2)Cc2cccn2C1. The lowest BCUT2D eigenvalue weighted by atomic mass is 10.1. The summed E-state index contributed by atoms with van der Waals surface area (Å²) in [5.74, 6) is 0.208. The molecule has 0 saturated carbocycles. The van der Waals surface area contributed by atoms with Gasteiger partial charge in [-0.2, -0.15) is 0 Å². The number of nitrogens with zero attached hydrogens (tertiary/aromatic N) is 3.